The topological polar surface area (TPSA) is 55.8 Å². The Morgan fingerprint density at radius 1 is 1.16 bits per heavy atom. The zero-order valence-electron chi connectivity index (χ0n) is 14.9. The molecule has 0 aliphatic rings. The molecule has 0 bridgehead atoms. The number of carboxylic acid groups (broad SMARTS) is 1. The number of benzene rings is 2. The van der Waals surface area contributed by atoms with Crippen molar-refractivity contribution < 1.29 is 23.8 Å². The summed E-state index contributed by atoms with van der Waals surface area (Å²) in [6.45, 7) is 5.45. The Morgan fingerprint density at radius 3 is 2.44 bits per heavy atom. The van der Waals surface area contributed by atoms with Crippen LogP contribution in [0.2, 0.25) is 0 Å². The summed E-state index contributed by atoms with van der Waals surface area (Å²) in [7, 11) is 1.55. The fraction of sp³-hybridized carbons (Fsp3) is 0.350. The fourth-order valence-corrected chi connectivity index (χ4v) is 2.60. The highest BCUT2D eigenvalue weighted by atomic mass is 19.1. The molecule has 0 radical (unpaired) electrons. The molecule has 0 fully saturated rings. The molecule has 0 heterocycles. The number of aliphatic carboxylic acids is 1. The molecule has 2 aromatic rings. The number of methoxy groups -OCH3 is 1. The average Bonchev–Trinajstić information content (AvgIpc) is 2.55. The Hall–Kier alpha value is -2.56. The number of hydrogen-bond acceptors (Lipinski definition) is 3. The van der Waals surface area contributed by atoms with Gasteiger partial charge in [-0.25, -0.2) is 4.39 Å². The minimum atomic E-state index is -0.995. The van der Waals surface area contributed by atoms with Crippen LogP contribution in [0, 0.1) is 12.7 Å². The number of halogens is 1. The van der Waals surface area contributed by atoms with Crippen molar-refractivity contribution >= 4 is 5.97 Å². The van der Waals surface area contributed by atoms with Gasteiger partial charge in [-0.15, -0.1) is 0 Å². The summed E-state index contributed by atoms with van der Waals surface area (Å²) in [5.41, 5.74) is 1.72. The van der Waals surface area contributed by atoms with Crippen LogP contribution >= 0.6 is 0 Å². The predicted molar refractivity (Wildman–Crippen MR) is 94.0 cm³/mol. The van der Waals surface area contributed by atoms with Crippen molar-refractivity contribution in [3.63, 3.8) is 0 Å². The maximum atomic E-state index is 13.8. The van der Waals surface area contributed by atoms with E-state index < -0.39 is 17.7 Å². The minimum absolute atomic E-state index is 0.0365. The number of rotatable bonds is 7. The van der Waals surface area contributed by atoms with E-state index in [-0.39, 0.29) is 12.5 Å². The van der Waals surface area contributed by atoms with Crippen molar-refractivity contribution in [3.8, 4) is 11.5 Å². The monoisotopic (exact) mass is 346 g/mol. The Balaban J connectivity index is 2.33. The SMILES string of the molecule is COc1ccc(CC(C(=O)O)c2ccc(C)c(F)c2)cc1OC(C)C. The average molecular weight is 346 g/mol. The molecule has 0 amide bonds. The Kier molecular flexibility index (Phi) is 6.02. The van der Waals surface area contributed by atoms with Crippen molar-refractivity contribution in [2.75, 3.05) is 7.11 Å². The first-order valence-corrected chi connectivity index (χ1v) is 8.14. The lowest BCUT2D eigenvalue weighted by molar-refractivity contribution is -0.138. The van der Waals surface area contributed by atoms with Crippen LogP contribution < -0.4 is 9.47 Å². The van der Waals surface area contributed by atoms with Crippen molar-refractivity contribution in [1.82, 2.24) is 0 Å². The first kappa shape index (κ1) is 18.8. The first-order valence-electron chi connectivity index (χ1n) is 8.14. The molecule has 0 aliphatic carbocycles. The van der Waals surface area contributed by atoms with E-state index >= 15 is 0 Å². The van der Waals surface area contributed by atoms with Crippen LogP contribution in [0.25, 0.3) is 0 Å². The van der Waals surface area contributed by atoms with Crippen LogP contribution in [-0.2, 0) is 11.2 Å². The van der Waals surface area contributed by atoms with Gasteiger partial charge in [0, 0.05) is 0 Å². The molecule has 1 N–H and O–H groups in total. The summed E-state index contributed by atoms with van der Waals surface area (Å²) in [5.74, 6) is -1.08. The fourth-order valence-electron chi connectivity index (χ4n) is 2.60. The van der Waals surface area contributed by atoms with Gasteiger partial charge in [-0.1, -0.05) is 18.2 Å². The highest BCUT2D eigenvalue weighted by molar-refractivity contribution is 5.76. The molecule has 0 aromatic heterocycles. The molecule has 134 valence electrons. The number of ether oxygens (including phenoxy) is 2. The molecule has 0 spiro atoms. The Morgan fingerprint density at radius 2 is 1.88 bits per heavy atom. The summed E-state index contributed by atoms with van der Waals surface area (Å²) >= 11 is 0. The summed E-state index contributed by atoms with van der Waals surface area (Å²) < 4.78 is 24.8. The third kappa shape index (κ3) is 4.72. The van der Waals surface area contributed by atoms with Crippen LogP contribution in [0.1, 0.15) is 36.5 Å². The van der Waals surface area contributed by atoms with E-state index in [0.29, 0.717) is 22.6 Å². The summed E-state index contributed by atoms with van der Waals surface area (Å²) in [6.07, 6.45) is 0.196. The van der Waals surface area contributed by atoms with Crippen molar-refractivity contribution in [1.29, 1.82) is 0 Å². The van der Waals surface area contributed by atoms with Crippen molar-refractivity contribution in [3.05, 3.63) is 58.9 Å². The van der Waals surface area contributed by atoms with Gasteiger partial charge in [0.25, 0.3) is 0 Å². The highest BCUT2D eigenvalue weighted by Gasteiger charge is 2.22. The van der Waals surface area contributed by atoms with Crippen LogP contribution in [0.4, 0.5) is 4.39 Å². The van der Waals surface area contributed by atoms with Crippen molar-refractivity contribution in [2.24, 2.45) is 0 Å². The number of hydrogen-bond donors (Lipinski definition) is 1. The van der Waals surface area contributed by atoms with E-state index in [1.165, 1.54) is 6.07 Å². The predicted octanol–water partition coefficient (Wildman–Crippen LogP) is 4.34. The molecule has 4 nitrogen and oxygen atoms in total. The van der Waals surface area contributed by atoms with E-state index in [1.54, 1.807) is 44.4 Å². The smallest absolute Gasteiger partial charge is 0.311 e. The van der Waals surface area contributed by atoms with Gasteiger partial charge in [0.2, 0.25) is 0 Å². The molecule has 0 saturated carbocycles. The van der Waals surface area contributed by atoms with Gasteiger partial charge in [0.15, 0.2) is 11.5 Å². The Labute approximate surface area is 147 Å². The van der Waals surface area contributed by atoms with Crippen LogP contribution in [0.15, 0.2) is 36.4 Å². The molecule has 25 heavy (non-hydrogen) atoms. The zero-order valence-corrected chi connectivity index (χ0v) is 14.9. The van der Waals surface area contributed by atoms with E-state index in [4.69, 9.17) is 9.47 Å². The molecule has 2 aromatic carbocycles. The van der Waals surface area contributed by atoms with Crippen molar-refractivity contribution in [2.45, 2.75) is 39.2 Å². The lowest BCUT2D eigenvalue weighted by atomic mass is 9.91. The van der Waals surface area contributed by atoms with E-state index in [0.717, 1.165) is 5.56 Å². The molecule has 0 aliphatic heterocycles. The van der Waals surface area contributed by atoms with Gasteiger partial charge < -0.3 is 14.6 Å². The first-order chi connectivity index (χ1) is 11.8. The van der Waals surface area contributed by atoms with Gasteiger partial charge in [-0.2, -0.15) is 0 Å². The molecule has 0 saturated heterocycles. The lowest BCUT2D eigenvalue weighted by Gasteiger charge is -2.17. The zero-order chi connectivity index (χ0) is 18.6. The minimum Gasteiger partial charge on any atom is -0.493 e. The van der Waals surface area contributed by atoms with Gasteiger partial charge in [0.05, 0.1) is 19.1 Å². The molecule has 2 rings (SSSR count). The van der Waals surface area contributed by atoms with E-state index in [2.05, 4.69) is 0 Å². The largest absolute Gasteiger partial charge is 0.493 e. The third-order valence-electron chi connectivity index (χ3n) is 3.93. The van der Waals surface area contributed by atoms with Crippen LogP contribution in [-0.4, -0.2) is 24.3 Å². The maximum Gasteiger partial charge on any atom is 0.311 e. The van der Waals surface area contributed by atoms with Gasteiger partial charge in [-0.3, -0.25) is 4.79 Å². The molecular weight excluding hydrogens is 323 g/mol. The van der Waals surface area contributed by atoms with Gasteiger partial charge in [-0.05, 0) is 62.1 Å². The summed E-state index contributed by atoms with van der Waals surface area (Å²) in [4.78, 5) is 11.7. The number of carboxylic acids is 1. The summed E-state index contributed by atoms with van der Waals surface area (Å²) in [6, 6.07) is 9.88. The van der Waals surface area contributed by atoms with E-state index in [1.807, 2.05) is 13.8 Å². The van der Waals surface area contributed by atoms with Crippen LogP contribution in [0.5, 0.6) is 11.5 Å². The summed E-state index contributed by atoms with van der Waals surface area (Å²) in [5, 5.41) is 9.59. The highest BCUT2D eigenvalue weighted by Crippen LogP contribution is 2.31. The second kappa shape index (κ2) is 8.01. The standard InChI is InChI=1S/C20H23FO4/c1-12(2)25-19-10-14(6-8-18(19)24-4)9-16(20(22)23)15-7-5-13(3)17(21)11-15/h5-8,10-12,16H,9H2,1-4H3,(H,22,23). The number of carbonyl (C=O) groups is 1. The normalized spacial score (nSPS) is 12.1. The third-order valence-corrected chi connectivity index (χ3v) is 3.93. The molecular formula is C20H23FO4. The maximum absolute atomic E-state index is 13.8. The van der Waals surface area contributed by atoms with Gasteiger partial charge >= 0.3 is 5.97 Å². The Bertz CT molecular complexity index is 755. The molecule has 1 atom stereocenters. The van der Waals surface area contributed by atoms with Gasteiger partial charge in [0.1, 0.15) is 5.82 Å². The van der Waals surface area contributed by atoms with E-state index in [9.17, 15) is 14.3 Å². The van der Waals surface area contributed by atoms with Crippen LogP contribution in [0.3, 0.4) is 0 Å². The second-order valence-corrected chi connectivity index (χ2v) is 6.26. The molecule has 5 heteroatoms. The number of aryl methyl sites for hydroxylation is 1. The quantitative estimate of drug-likeness (QED) is 0.810. The lowest BCUT2D eigenvalue weighted by Crippen LogP contribution is -2.15. The molecule has 1 unspecified atom stereocenters. The second-order valence-electron chi connectivity index (χ2n) is 6.26.